The van der Waals surface area contributed by atoms with Crippen LogP contribution in [0.15, 0.2) is 10.2 Å². The van der Waals surface area contributed by atoms with Crippen LogP contribution in [-0.2, 0) is 28.4 Å². The zero-order chi connectivity index (χ0) is 21.3. The maximum Gasteiger partial charge on any atom is 0.0701 e. The average molecular weight is 420 g/mol. The zero-order valence-corrected chi connectivity index (χ0v) is 16.8. The first kappa shape index (κ1) is 27.3. The fourth-order valence-electron chi connectivity index (χ4n) is 1.83. The van der Waals surface area contributed by atoms with E-state index in [0.717, 1.165) is 0 Å². The van der Waals surface area contributed by atoms with Crippen LogP contribution in [0.25, 0.3) is 20.9 Å². The molecule has 0 amide bonds. The topological polar surface area (TPSA) is 173 Å². The van der Waals surface area contributed by atoms with Gasteiger partial charge in [-0.3, -0.25) is 0 Å². The molecule has 0 saturated carbocycles. The van der Waals surface area contributed by atoms with Crippen molar-refractivity contribution in [2.45, 2.75) is 0 Å². The van der Waals surface area contributed by atoms with Gasteiger partial charge in [0.05, 0.1) is 85.9 Å². The minimum atomic E-state index is -0.108. The van der Waals surface area contributed by atoms with E-state index in [4.69, 9.17) is 39.5 Å². The van der Waals surface area contributed by atoms with E-state index in [9.17, 15) is 5.11 Å². The molecule has 168 valence electrons. The standard InChI is InChI=1S/C16H32N6O7/c17-21-19-1-3-24-5-7-26-9-11-28-14-16(13-23)15-29-12-10-27-8-6-25-4-2-20-22-18/h16,23H,1-15H2. The Hall–Kier alpha value is -1.66. The molecule has 0 aromatic rings. The van der Waals surface area contributed by atoms with Gasteiger partial charge in [-0.1, -0.05) is 10.2 Å². The second-order valence-electron chi connectivity index (χ2n) is 5.56. The number of nitrogens with zero attached hydrogens (tertiary/aromatic N) is 6. The van der Waals surface area contributed by atoms with E-state index in [1.165, 1.54) is 0 Å². The van der Waals surface area contributed by atoms with Crippen LogP contribution in [-0.4, -0.2) is 104 Å². The highest BCUT2D eigenvalue weighted by Crippen LogP contribution is 1.98. The molecule has 29 heavy (non-hydrogen) atoms. The normalized spacial score (nSPS) is 11.6. The second kappa shape index (κ2) is 24.4. The Labute approximate surface area is 170 Å². The van der Waals surface area contributed by atoms with E-state index < -0.39 is 0 Å². The van der Waals surface area contributed by atoms with Crippen LogP contribution in [0.4, 0.5) is 0 Å². The number of azide groups is 2. The van der Waals surface area contributed by atoms with E-state index in [1.54, 1.807) is 0 Å². The van der Waals surface area contributed by atoms with E-state index in [-0.39, 0.29) is 12.5 Å². The summed E-state index contributed by atoms with van der Waals surface area (Å²) in [5, 5.41) is 16.0. The summed E-state index contributed by atoms with van der Waals surface area (Å²) in [6.45, 7) is 5.51. The highest BCUT2D eigenvalue weighted by atomic mass is 16.6. The Bertz CT molecular complexity index is 409. The van der Waals surface area contributed by atoms with Crippen LogP contribution in [0.5, 0.6) is 0 Å². The van der Waals surface area contributed by atoms with E-state index in [2.05, 4.69) is 20.1 Å². The minimum Gasteiger partial charge on any atom is -0.396 e. The van der Waals surface area contributed by atoms with Crippen molar-refractivity contribution in [3.05, 3.63) is 20.9 Å². The number of aliphatic hydroxyl groups excluding tert-OH is 1. The van der Waals surface area contributed by atoms with Crippen molar-refractivity contribution >= 4 is 0 Å². The van der Waals surface area contributed by atoms with Crippen LogP contribution in [0.1, 0.15) is 0 Å². The zero-order valence-electron chi connectivity index (χ0n) is 16.8. The smallest absolute Gasteiger partial charge is 0.0701 e. The van der Waals surface area contributed by atoms with Crippen LogP contribution in [0, 0.1) is 5.92 Å². The molecule has 13 heteroatoms. The number of hydrogen-bond acceptors (Lipinski definition) is 9. The van der Waals surface area contributed by atoms with Gasteiger partial charge in [0.1, 0.15) is 0 Å². The molecule has 0 fully saturated rings. The maximum absolute atomic E-state index is 9.33. The molecule has 0 aliphatic rings. The van der Waals surface area contributed by atoms with Crippen molar-refractivity contribution in [1.29, 1.82) is 0 Å². The summed E-state index contributed by atoms with van der Waals surface area (Å²) in [7, 11) is 0. The van der Waals surface area contributed by atoms with Gasteiger partial charge in [0.25, 0.3) is 0 Å². The van der Waals surface area contributed by atoms with Gasteiger partial charge in [-0.15, -0.1) is 0 Å². The average Bonchev–Trinajstić information content (AvgIpc) is 2.74. The third-order valence-corrected chi connectivity index (χ3v) is 3.25. The highest BCUT2D eigenvalue weighted by Gasteiger charge is 2.08. The minimum absolute atomic E-state index is 0.0280. The molecule has 0 aliphatic heterocycles. The number of rotatable bonds is 23. The van der Waals surface area contributed by atoms with Gasteiger partial charge in [-0.2, -0.15) is 0 Å². The van der Waals surface area contributed by atoms with Gasteiger partial charge < -0.3 is 33.5 Å². The number of hydrogen-bond donors (Lipinski definition) is 1. The van der Waals surface area contributed by atoms with Crippen molar-refractivity contribution in [2.75, 3.05) is 99.0 Å². The summed E-state index contributed by atoms with van der Waals surface area (Å²) >= 11 is 0. The lowest BCUT2D eigenvalue weighted by molar-refractivity contribution is -0.0262. The Morgan fingerprint density at radius 2 is 0.931 bits per heavy atom. The van der Waals surface area contributed by atoms with Crippen molar-refractivity contribution in [1.82, 2.24) is 0 Å². The maximum atomic E-state index is 9.33. The van der Waals surface area contributed by atoms with Gasteiger partial charge in [0.2, 0.25) is 0 Å². The van der Waals surface area contributed by atoms with Gasteiger partial charge >= 0.3 is 0 Å². The van der Waals surface area contributed by atoms with Crippen LogP contribution < -0.4 is 0 Å². The van der Waals surface area contributed by atoms with E-state index in [1.807, 2.05) is 0 Å². The lowest BCUT2D eigenvalue weighted by atomic mass is 10.2. The molecule has 0 rings (SSSR count). The molecule has 0 bridgehead atoms. The van der Waals surface area contributed by atoms with Crippen molar-refractivity contribution in [3.8, 4) is 0 Å². The lowest BCUT2D eigenvalue weighted by Crippen LogP contribution is -2.22. The van der Waals surface area contributed by atoms with Crippen molar-refractivity contribution in [2.24, 2.45) is 16.1 Å². The first-order valence-electron chi connectivity index (χ1n) is 9.44. The molecular formula is C16H32N6O7. The van der Waals surface area contributed by atoms with Gasteiger partial charge in [0, 0.05) is 28.8 Å². The molecule has 0 saturated heterocycles. The van der Waals surface area contributed by atoms with Gasteiger partial charge in [-0.25, -0.2) is 0 Å². The fourth-order valence-corrected chi connectivity index (χ4v) is 1.83. The SMILES string of the molecule is [N-]=[N+]=NCCOCCOCCOCC(CO)COCCOCCOCCN=[N+]=[N-]. The molecule has 0 atom stereocenters. The van der Waals surface area contributed by atoms with E-state index >= 15 is 0 Å². The second-order valence-corrected chi connectivity index (χ2v) is 5.56. The molecule has 0 unspecified atom stereocenters. The summed E-state index contributed by atoms with van der Waals surface area (Å²) in [6.07, 6.45) is 0. The van der Waals surface area contributed by atoms with E-state index in [0.29, 0.717) is 92.4 Å². The first-order valence-corrected chi connectivity index (χ1v) is 9.44. The van der Waals surface area contributed by atoms with Crippen molar-refractivity contribution in [3.63, 3.8) is 0 Å². The third kappa shape index (κ3) is 22.5. The quantitative estimate of drug-likeness (QED) is 0.112. The summed E-state index contributed by atoms with van der Waals surface area (Å²) in [4.78, 5) is 5.24. The predicted octanol–water partition coefficient (Wildman–Crippen LogP) is 1.32. The molecule has 1 N–H and O–H groups in total. The molecule has 0 aromatic carbocycles. The Morgan fingerprint density at radius 3 is 1.28 bits per heavy atom. The summed E-state index contributed by atoms with van der Waals surface area (Å²) in [6, 6.07) is 0. The third-order valence-electron chi connectivity index (χ3n) is 3.25. The predicted molar refractivity (Wildman–Crippen MR) is 104 cm³/mol. The van der Waals surface area contributed by atoms with Crippen molar-refractivity contribution < 1.29 is 33.5 Å². The van der Waals surface area contributed by atoms with Crippen LogP contribution in [0.3, 0.4) is 0 Å². The monoisotopic (exact) mass is 420 g/mol. The molecule has 0 aromatic heterocycles. The largest absolute Gasteiger partial charge is 0.396 e. The summed E-state index contributed by atoms with van der Waals surface area (Å²) < 4.78 is 32.0. The molecule has 0 aliphatic carbocycles. The number of aliphatic hydroxyl groups is 1. The number of ether oxygens (including phenoxy) is 6. The Balaban J connectivity index is 3.32. The lowest BCUT2D eigenvalue weighted by Gasteiger charge is -2.15. The van der Waals surface area contributed by atoms with Crippen LogP contribution in [0.2, 0.25) is 0 Å². The molecule has 0 heterocycles. The van der Waals surface area contributed by atoms with Gasteiger partial charge in [-0.05, 0) is 11.1 Å². The highest BCUT2D eigenvalue weighted by molar-refractivity contribution is 4.55. The van der Waals surface area contributed by atoms with Crippen LogP contribution >= 0.6 is 0 Å². The summed E-state index contributed by atoms with van der Waals surface area (Å²) in [5.41, 5.74) is 16.2. The summed E-state index contributed by atoms with van der Waals surface area (Å²) in [5.74, 6) is -0.108. The molecule has 13 nitrogen and oxygen atoms in total. The molecule has 0 radical (unpaired) electrons. The molecular weight excluding hydrogens is 388 g/mol. The molecule has 0 spiro atoms. The first-order chi connectivity index (χ1) is 14.3. The Morgan fingerprint density at radius 1 is 0.586 bits per heavy atom. The fraction of sp³-hybridized carbons (Fsp3) is 1.00. The Kier molecular flexibility index (Phi) is 23.0. The van der Waals surface area contributed by atoms with Gasteiger partial charge in [0.15, 0.2) is 0 Å².